The quantitative estimate of drug-likeness (QED) is 0.662. The molecule has 0 aliphatic carbocycles. The predicted octanol–water partition coefficient (Wildman–Crippen LogP) is 2.46. The maximum Gasteiger partial charge on any atom is 0.251 e. The molecule has 0 unspecified atom stereocenters. The van der Waals surface area contributed by atoms with Crippen molar-refractivity contribution < 1.29 is 9.59 Å². The molecule has 156 valence electrons. The normalized spacial score (nSPS) is 13.4. The van der Waals surface area contributed by atoms with Gasteiger partial charge in [0.05, 0.1) is 11.9 Å². The van der Waals surface area contributed by atoms with Gasteiger partial charge in [0.25, 0.3) is 5.91 Å². The average molecular weight is 405 g/mol. The first-order valence-electron chi connectivity index (χ1n) is 10.4. The molecular formula is C24H28N4O2. The zero-order valence-corrected chi connectivity index (χ0v) is 17.6. The molecule has 0 saturated heterocycles. The highest BCUT2D eigenvalue weighted by molar-refractivity contribution is 6.02. The van der Waals surface area contributed by atoms with E-state index < -0.39 is 0 Å². The fourth-order valence-corrected chi connectivity index (χ4v) is 4.06. The van der Waals surface area contributed by atoms with Gasteiger partial charge >= 0.3 is 0 Å². The van der Waals surface area contributed by atoms with Crippen LogP contribution in [0.25, 0.3) is 10.9 Å². The van der Waals surface area contributed by atoms with Crippen molar-refractivity contribution in [1.29, 1.82) is 0 Å². The Bertz CT molecular complexity index is 1070. The molecule has 1 aliphatic heterocycles. The maximum absolute atomic E-state index is 13.2. The van der Waals surface area contributed by atoms with E-state index in [0.717, 1.165) is 41.7 Å². The Kier molecular flexibility index (Phi) is 5.97. The standard InChI is InChI=1S/C24H28N4O2/c1-27(2)13-12-26-24(30)18-8-9-21-20(15-18)19-10-11-25-16-22(19)28(21)23(29)14-17-6-4-3-5-7-17/h3-9,15,25H,10-14,16H2,1-2H3,(H,26,30). The summed E-state index contributed by atoms with van der Waals surface area (Å²) in [6.07, 6.45) is 1.20. The van der Waals surface area contributed by atoms with Crippen molar-refractivity contribution >= 4 is 22.7 Å². The first-order chi connectivity index (χ1) is 14.5. The molecule has 0 fully saturated rings. The van der Waals surface area contributed by atoms with Crippen LogP contribution in [0.4, 0.5) is 0 Å². The predicted molar refractivity (Wildman–Crippen MR) is 119 cm³/mol. The molecule has 0 spiro atoms. The number of aromatic nitrogens is 1. The summed E-state index contributed by atoms with van der Waals surface area (Å²) < 4.78 is 1.84. The summed E-state index contributed by atoms with van der Waals surface area (Å²) in [7, 11) is 3.96. The zero-order valence-electron chi connectivity index (χ0n) is 17.6. The summed E-state index contributed by atoms with van der Waals surface area (Å²) in [5.74, 6) is -0.0240. The second kappa shape index (κ2) is 8.81. The van der Waals surface area contributed by atoms with Gasteiger partial charge in [0.15, 0.2) is 0 Å². The third kappa shape index (κ3) is 4.15. The lowest BCUT2D eigenvalue weighted by molar-refractivity contribution is 0.0914. The number of benzene rings is 2. The SMILES string of the molecule is CN(C)CCNC(=O)c1ccc2c(c1)c1c(n2C(=O)Cc2ccccc2)CNCC1. The molecule has 6 nitrogen and oxygen atoms in total. The number of hydrogen-bond donors (Lipinski definition) is 2. The number of carbonyl (C=O) groups excluding carboxylic acids is 2. The van der Waals surface area contributed by atoms with E-state index in [4.69, 9.17) is 0 Å². The van der Waals surface area contributed by atoms with Crippen LogP contribution < -0.4 is 10.6 Å². The minimum Gasteiger partial charge on any atom is -0.351 e. The largest absolute Gasteiger partial charge is 0.351 e. The molecule has 4 rings (SSSR count). The minimum atomic E-state index is -0.0789. The van der Waals surface area contributed by atoms with Crippen molar-refractivity contribution in [2.24, 2.45) is 0 Å². The number of likely N-dealkylation sites (N-methyl/N-ethyl adjacent to an activating group) is 1. The fourth-order valence-electron chi connectivity index (χ4n) is 4.06. The van der Waals surface area contributed by atoms with E-state index in [1.165, 1.54) is 5.56 Å². The van der Waals surface area contributed by atoms with Crippen LogP contribution in [0.5, 0.6) is 0 Å². The molecule has 1 aliphatic rings. The van der Waals surface area contributed by atoms with Crippen molar-refractivity contribution in [3.05, 3.63) is 70.9 Å². The Morgan fingerprint density at radius 1 is 1.13 bits per heavy atom. The van der Waals surface area contributed by atoms with Crippen LogP contribution in [0.2, 0.25) is 0 Å². The lowest BCUT2D eigenvalue weighted by atomic mass is 10.0. The van der Waals surface area contributed by atoms with Crippen molar-refractivity contribution in [2.45, 2.75) is 19.4 Å². The minimum absolute atomic E-state index is 0.0549. The van der Waals surface area contributed by atoms with Crippen LogP contribution in [-0.4, -0.2) is 55.0 Å². The van der Waals surface area contributed by atoms with E-state index in [9.17, 15) is 9.59 Å². The molecule has 0 saturated carbocycles. The van der Waals surface area contributed by atoms with Gasteiger partial charge < -0.3 is 15.5 Å². The van der Waals surface area contributed by atoms with Crippen LogP contribution in [0.1, 0.15) is 32.0 Å². The molecule has 3 aromatic rings. The summed E-state index contributed by atoms with van der Waals surface area (Å²) in [6, 6.07) is 15.5. The van der Waals surface area contributed by atoms with Crippen LogP contribution in [0.3, 0.4) is 0 Å². The highest BCUT2D eigenvalue weighted by atomic mass is 16.2. The number of hydrogen-bond acceptors (Lipinski definition) is 4. The molecular weight excluding hydrogens is 376 g/mol. The zero-order chi connectivity index (χ0) is 21.1. The van der Waals surface area contributed by atoms with Gasteiger partial charge in [0.1, 0.15) is 0 Å². The Hall–Kier alpha value is -2.96. The topological polar surface area (TPSA) is 66.4 Å². The van der Waals surface area contributed by atoms with E-state index >= 15 is 0 Å². The van der Waals surface area contributed by atoms with Gasteiger partial charge in [-0.3, -0.25) is 14.2 Å². The molecule has 30 heavy (non-hydrogen) atoms. The smallest absolute Gasteiger partial charge is 0.251 e. The highest BCUT2D eigenvalue weighted by Crippen LogP contribution is 2.30. The summed E-state index contributed by atoms with van der Waals surface area (Å²) in [4.78, 5) is 27.9. The van der Waals surface area contributed by atoms with E-state index in [2.05, 4.69) is 10.6 Å². The lowest BCUT2D eigenvalue weighted by Gasteiger charge is -2.16. The molecule has 1 amide bonds. The Labute approximate surface area is 176 Å². The van der Waals surface area contributed by atoms with Gasteiger partial charge in [0, 0.05) is 36.3 Å². The summed E-state index contributed by atoms with van der Waals surface area (Å²) in [5.41, 5.74) is 4.71. The van der Waals surface area contributed by atoms with Crippen LogP contribution >= 0.6 is 0 Å². The van der Waals surface area contributed by atoms with Crippen LogP contribution in [0, 0.1) is 0 Å². The van der Waals surface area contributed by atoms with Crippen LogP contribution in [-0.2, 0) is 19.4 Å². The summed E-state index contributed by atoms with van der Waals surface area (Å²) in [5, 5.41) is 7.36. The number of nitrogens with zero attached hydrogens (tertiary/aromatic N) is 2. The van der Waals surface area contributed by atoms with E-state index in [0.29, 0.717) is 25.1 Å². The monoisotopic (exact) mass is 404 g/mol. The molecule has 0 radical (unpaired) electrons. The summed E-state index contributed by atoms with van der Waals surface area (Å²) >= 11 is 0. The van der Waals surface area contributed by atoms with E-state index in [1.54, 1.807) is 0 Å². The molecule has 0 bridgehead atoms. The van der Waals surface area contributed by atoms with Gasteiger partial charge in [-0.1, -0.05) is 30.3 Å². The Balaban J connectivity index is 1.68. The third-order valence-corrected chi connectivity index (χ3v) is 5.58. The third-order valence-electron chi connectivity index (χ3n) is 5.58. The van der Waals surface area contributed by atoms with Crippen molar-refractivity contribution in [2.75, 3.05) is 33.7 Å². The van der Waals surface area contributed by atoms with Gasteiger partial charge in [-0.15, -0.1) is 0 Å². The van der Waals surface area contributed by atoms with E-state index in [1.807, 2.05) is 72.1 Å². The summed E-state index contributed by atoms with van der Waals surface area (Å²) in [6.45, 7) is 2.93. The number of carbonyl (C=O) groups is 2. The molecule has 2 N–H and O–H groups in total. The number of rotatable bonds is 6. The van der Waals surface area contributed by atoms with Gasteiger partial charge in [0.2, 0.25) is 5.91 Å². The number of fused-ring (bicyclic) bond motifs is 3. The van der Waals surface area contributed by atoms with Crippen LogP contribution in [0.15, 0.2) is 48.5 Å². The number of amides is 1. The second-order valence-corrected chi connectivity index (χ2v) is 8.03. The lowest BCUT2D eigenvalue weighted by Crippen LogP contribution is -2.31. The molecule has 0 atom stereocenters. The second-order valence-electron chi connectivity index (χ2n) is 8.03. The van der Waals surface area contributed by atoms with Crippen molar-refractivity contribution in [1.82, 2.24) is 20.1 Å². The molecule has 2 heterocycles. The molecule has 1 aromatic heterocycles. The van der Waals surface area contributed by atoms with Gasteiger partial charge in [-0.05, 0) is 56.4 Å². The van der Waals surface area contributed by atoms with Crippen molar-refractivity contribution in [3.63, 3.8) is 0 Å². The maximum atomic E-state index is 13.2. The number of nitrogens with one attached hydrogen (secondary N) is 2. The molecule has 2 aromatic carbocycles. The van der Waals surface area contributed by atoms with Gasteiger partial charge in [-0.2, -0.15) is 0 Å². The Morgan fingerprint density at radius 2 is 1.93 bits per heavy atom. The van der Waals surface area contributed by atoms with Crippen molar-refractivity contribution in [3.8, 4) is 0 Å². The average Bonchev–Trinajstić information content (AvgIpc) is 3.08. The molecule has 6 heteroatoms. The highest BCUT2D eigenvalue weighted by Gasteiger charge is 2.24. The van der Waals surface area contributed by atoms with E-state index in [-0.39, 0.29) is 11.8 Å². The first-order valence-corrected chi connectivity index (χ1v) is 10.4. The fraction of sp³-hybridized carbons (Fsp3) is 0.333. The van der Waals surface area contributed by atoms with Gasteiger partial charge in [-0.25, -0.2) is 0 Å². The first kappa shape index (κ1) is 20.3. The Morgan fingerprint density at radius 3 is 2.70 bits per heavy atom.